The van der Waals surface area contributed by atoms with Crippen LogP contribution in [0.4, 0.5) is 13.2 Å². The molecule has 0 aliphatic rings. The smallest absolute Gasteiger partial charge is 0.418 e. The van der Waals surface area contributed by atoms with Crippen LogP contribution in [0.25, 0.3) is 22.3 Å². The van der Waals surface area contributed by atoms with E-state index in [0.717, 1.165) is 6.20 Å². The highest BCUT2D eigenvalue weighted by atomic mass is 19.4. The van der Waals surface area contributed by atoms with Crippen LogP contribution in [0.1, 0.15) is 12.5 Å². The van der Waals surface area contributed by atoms with Crippen LogP contribution in [-0.2, 0) is 18.0 Å². The van der Waals surface area contributed by atoms with Gasteiger partial charge < -0.3 is 14.0 Å². The standard InChI is InChI=1S/C17H17F3N4O2/c1-3-25-6-7-26-13-9-21-5-4-11(13)14-12(17(18,19)20)8-22-16-15(14)23-10-24(16)2/h4-5,8-10H,3,6-7H2,1-2H3. The zero-order valence-electron chi connectivity index (χ0n) is 14.2. The van der Waals surface area contributed by atoms with Gasteiger partial charge in [-0.25, -0.2) is 9.97 Å². The summed E-state index contributed by atoms with van der Waals surface area (Å²) in [5, 5.41) is 0. The summed E-state index contributed by atoms with van der Waals surface area (Å²) < 4.78 is 53.2. The molecule has 0 saturated carbocycles. The summed E-state index contributed by atoms with van der Waals surface area (Å²) in [5.74, 6) is 0.232. The molecular formula is C17H17F3N4O2. The summed E-state index contributed by atoms with van der Waals surface area (Å²) in [4.78, 5) is 12.0. The second kappa shape index (κ2) is 7.28. The molecule has 0 aliphatic carbocycles. The summed E-state index contributed by atoms with van der Waals surface area (Å²) >= 11 is 0. The minimum atomic E-state index is -4.58. The number of pyridine rings is 2. The Balaban J connectivity index is 2.15. The van der Waals surface area contributed by atoms with E-state index in [9.17, 15) is 13.2 Å². The lowest BCUT2D eigenvalue weighted by Crippen LogP contribution is -2.11. The van der Waals surface area contributed by atoms with Crippen LogP contribution >= 0.6 is 0 Å². The van der Waals surface area contributed by atoms with Gasteiger partial charge in [0.25, 0.3) is 0 Å². The number of nitrogens with zero attached hydrogens (tertiary/aromatic N) is 4. The largest absolute Gasteiger partial charge is 0.489 e. The van der Waals surface area contributed by atoms with Crippen molar-refractivity contribution in [3.63, 3.8) is 0 Å². The van der Waals surface area contributed by atoms with Crippen molar-refractivity contribution in [2.75, 3.05) is 19.8 Å². The molecule has 0 atom stereocenters. The van der Waals surface area contributed by atoms with Crippen LogP contribution < -0.4 is 4.74 Å². The molecule has 0 aromatic carbocycles. The van der Waals surface area contributed by atoms with Crippen LogP contribution in [0.2, 0.25) is 0 Å². The van der Waals surface area contributed by atoms with E-state index in [4.69, 9.17) is 9.47 Å². The van der Waals surface area contributed by atoms with Gasteiger partial charge in [0.15, 0.2) is 5.65 Å². The van der Waals surface area contributed by atoms with Gasteiger partial charge in [-0.2, -0.15) is 13.2 Å². The maximum Gasteiger partial charge on any atom is 0.418 e. The van der Waals surface area contributed by atoms with Crippen molar-refractivity contribution in [2.45, 2.75) is 13.1 Å². The number of aryl methyl sites for hydroxylation is 1. The van der Waals surface area contributed by atoms with Crippen LogP contribution in [0.5, 0.6) is 5.75 Å². The number of alkyl halides is 3. The van der Waals surface area contributed by atoms with Gasteiger partial charge in [-0.15, -0.1) is 0 Å². The second-order valence-electron chi connectivity index (χ2n) is 5.49. The van der Waals surface area contributed by atoms with Crippen molar-refractivity contribution in [2.24, 2.45) is 7.05 Å². The summed E-state index contributed by atoms with van der Waals surface area (Å²) in [5.41, 5.74) is -0.176. The molecule has 138 valence electrons. The number of hydrogen-bond acceptors (Lipinski definition) is 5. The first-order valence-corrected chi connectivity index (χ1v) is 7.95. The number of fused-ring (bicyclic) bond motifs is 1. The van der Waals surface area contributed by atoms with Crippen molar-refractivity contribution in [1.29, 1.82) is 0 Å². The van der Waals surface area contributed by atoms with Gasteiger partial charge in [-0.3, -0.25) is 4.98 Å². The minimum Gasteiger partial charge on any atom is -0.489 e. The molecule has 6 nitrogen and oxygen atoms in total. The predicted molar refractivity (Wildman–Crippen MR) is 88.7 cm³/mol. The third-order valence-corrected chi connectivity index (χ3v) is 3.78. The average molecular weight is 366 g/mol. The highest BCUT2D eigenvalue weighted by Crippen LogP contribution is 2.42. The lowest BCUT2D eigenvalue weighted by Gasteiger charge is -2.16. The summed E-state index contributed by atoms with van der Waals surface area (Å²) in [7, 11) is 1.67. The van der Waals surface area contributed by atoms with E-state index in [2.05, 4.69) is 15.0 Å². The quantitative estimate of drug-likeness (QED) is 0.625. The Morgan fingerprint density at radius 1 is 1.15 bits per heavy atom. The predicted octanol–water partition coefficient (Wildman–Crippen LogP) is 3.46. The Bertz CT molecular complexity index is 909. The molecule has 0 unspecified atom stereocenters. The number of ether oxygens (including phenoxy) is 2. The molecular weight excluding hydrogens is 349 g/mol. The molecule has 3 heterocycles. The maximum atomic E-state index is 13.6. The van der Waals surface area contributed by atoms with Crippen LogP contribution in [-0.4, -0.2) is 39.3 Å². The van der Waals surface area contributed by atoms with Gasteiger partial charge >= 0.3 is 6.18 Å². The molecule has 0 fully saturated rings. The Morgan fingerprint density at radius 3 is 2.69 bits per heavy atom. The monoisotopic (exact) mass is 366 g/mol. The topological polar surface area (TPSA) is 62.1 Å². The van der Waals surface area contributed by atoms with Gasteiger partial charge in [0.1, 0.15) is 17.9 Å². The lowest BCUT2D eigenvalue weighted by molar-refractivity contribution is -0.137. The normalized spacial score (nSPS) is 11.9. The number of hydrogen-bond donors (Lipinski definition) is 0. The second-order valence-corrected chi connectivity index (χ2v) is 5.49. The molecule has 9 heteroatoms. The number of imidazole rings is 1. The Labute approximate surface area is 147 Å². The molecule has 0 aliphatic heterocycles. The Kier molecular flexibility index (Phi) is 5.08. The maximum absolute atomic E-state index is 13.6. The highest BCUT2D eigenvalue weighted by molar-refractivity contribution is 5.93. The molecule has 0 spiro atoms. The summed E-state index contributed by atoms with van der Waals surface area (Å²) in [6.07, 6.45) is 0.471. The van der Waals surface area contributed by atoms with E-state index in [0.29, 0.717) is 18.9 Å². The molecule has 0 radical (unpaired) electrons. The van der Waals surface area contributed by atoms with Crippen LogP contribution in [0.15, 0.2) is 31.0 Å². The van der Waals surface area contributed by atoms with Gasteiger partial charge in [-0.1, -0.05) is 0 Å². The minimum absolute atomic E-state index is 0.0723. The Hall–Kier alpha value is -2.68. The van der Waals surface area contributed by atoms with Gasteiger partial charge in [-0.05, 0) is 13.0 Å². The summed E-state index contributed by atoms with van der Waals surface area (Å²) in [6, 6.07) is 1.48. The van der Waals surface area contributed by atoms with Crippen molar-refractivity contribution in [3.05, 3.63) is 36.5 Å². The zero-order chi connectivity index (χ0) is 18.7. The molecule has 0 N–H and O–H groups in total. The fourth-order valence-electron chi connectivity index (χ4n) is 2.61. The lowest BCUT2D eigenvalue weighted by atomic mass is 10.00. The van der Waals surface area contributed by atoms with E-state index in [1.54, 1.807) is 11.6 Å². The first-order chi connectivity index (χ1) is 12.4. The highest BCUT2D eigenvalue weighted by Gasteiger charge is 2.36. The average Bonchev–Trinajstić information content (AvgIpc) is 2.99. The molecule has 0 amide bonds. The van der Waals surface area contributed by atoms with Gasteiger partial charge in [0.05, 0.1) is 24.7 Å². The fourth-order valence-corrected chi connectivity index (χ4v) is 2.61. The SMILES string of the molecule is CCOCCOc1cnccc1-c1c(C(F)(F)F)cnc2c1ncn2C. The molecule has 0 bridgehead atoms. The van der Waals surface area contributed by atoms with E-state index >= 15 is 0 Å². The van der Waals surface area contributed by atoms with E-state index in [1.165, 1.54) is 24.8 Å². The third kappa shape index (κ3) is 3.48. The van der Waals surface area contributed by atoms with Crippen LogP contribution in [0, 0.1) is 0 Å². The van der Waals surface area contributed by atoms with E-state index < -0.39 is 11.7 Å². The van der Waals surface area contributed by atoms with Crippen LogP contribution in [0.3, 0.4) is 0 Å². The summed E-state index contributed by atoms with van der Waals surface area (Å²) in [6.45, 7) is 2.90. The van der Waals surface area contributed by atoms with Crippen molar-refractivity contribution in [1.82, 2.24) is 19.5 Å². The zero-order valence-corrected chi connectivity index (χ0v) is 14.2. The molecule has 0 saturated heterocycles. The third-order valence-electron chi connectivity index (χ3n) is 3.78. The van der Waals surface area contributed by atoms with Crippen molar-refractivity contribution < 1.29 is 22.6 Å². The van der Waals surface area contributed by atoms with Gasteiger partial charge in [0, 0.05) is 37.2 Å². The fraction of sp³-hybridized carbons (Fsp3) is 0.353. The van der Waals surface area contributed by atoms with E-state index in [1.807, 2.05) is 6.92 Å². The number of aromatic nitrogens is 4. The van der Waals surface area contributed by atoms with Gasteiger partial charge in [0.2, 0.25) is 0 Å². The van der Waals surface area contributed by atoms with Crippen molar-refractivity contribution in [3.8, 4) is 16.9 Å². The molecule has 3 rings (SSSR count). The number of halogens is 3. The first kappa shape index (κ1) is 18.1. The Morgan fingerprint density at radius 2 is 1.96 bits per heavy atom. The molecule has 3 aromatic rings. The van der Waals surface area contributed by atoms with E-state index in [-0.39, 0.29) is 29.0 Å². The number of rotatable bonds is 6. The first-order valence-electron chi connectivity index (χ1n) is 7.95. The molecule has 26 heavy (non-hydrogen) atoms. The van der Waals surface area contributed by atoms with Crippen molar-refractivity contribution >= 4 is 11.2 Å². The molecule has 3 aromatic heterocycles.